The molecule has 1 aliphatic carbocycles. The molecule has 0 radical (unpaired) electrons. The average molecular weight is 152 g/mol. The number of ether oxygens (including phenoxy) is 1. The number of hydrogen-bond acceptors (Lipinski definition) is 2. The zero-order chi connectivity index (χ0) is 8.10. The maximum absolute atomic E-state index is 10.6. The minimum atomic E-state index is -0.280. The summed E-state index contributed by atoms with van der Waals surface area (Å²) in [6.45, 7) is 0. The predicted molar refractivity (Wildman–Crippen MR) is 43.1 cm³/mol. The van der Waals surface area contributed by atoms with Gasteiger partial charge in [0.15, 0.2) is 0 Å². The number of allylic oxidation sites excluding steroid dienone is 3. The molecule has 0 saturated carbocycles. The fourth-order valence-corrected chi connectivity index (χ4v) is 1.09. The smallest absolute Gasteiger partial charge is 0.330 e. The lowest BCUT2D eigenvalue weighted by molar-refractivity contribution is -0.134. The number of esters is 1. The van der Waals surface area contributed by atoms with Gasteiger partial charge in [0, 0.05) is 6.08 Å². The van der Waals surface area contributed by atoms with Crippen molar-refractivity contribution in [3.63, 3.8) is 0 Å². The maximum Gasteiger partial charge on any atom is 0.330 e. The van der Waals surface area contributed by atoms with E-state index >= 15 is 0 Å². The van der Waals surface area contributed by atoms with Gasteiger partial charge in [-0.1, -0.05) is 17.7 Å². The van der Waals surface area contributed by atoms with Crippen molar-refractivity contribution in [3.05, 3.63) is 23.8 Å². The van der Waals surface area contributed by atoms with Crippen LogP contribution in [-0.4, -0.2) is 13.1 Å². The summed E-state index contributed by atoms with van der Waals surface area (Å²) in [6, 6.07) is 0. The Kier molecular flexibility index (Phi) is 2.90. The largest absolute Gasteiger partial charge is 0.466 e. The minimum absolute atomic E-state index is 0.280. The normalized spacial score (nSPS) is 17.0. The number of carbonyl (C=O) groups is 1. The van der Waals surface area contributed by atoms with Crippen LogP contribution in [0.3, 0.4) is 0 Å². The van der Waals surface area contributed by atoms with Gasteiger partial charge in [-0.25, -0.2) is 4.79 Å². The minimum Gasteiger partial charge on any atom is -0.466 e. The lowest BCUT2D eigenvalue weighted by Gasteiger charge is -1.90. The highest BCUT2D eigenvalue weighted by atomic mass is 16.5. The average Bonchev–Trinajstić information content (AvgIpc) is 2.52. The first-order chi connectivity index (χ1) is 5.33. The molecule has 0 unspecified atom stereocenters. The molecule has 0 saturated heterocycles. The van der Waals surface area contributed by atoms with Crippen LogP contribution in [0.4, 0.5) is 0 Å². The van der Waals surface area contributed by atoms with Crippen LogP contribution in [0.5, 0.6) is 0 Å². The van der Waals surface area contributed by atoms with E-state index in [4.69, 9.17) is 0 Å². The van der Waals surface area contributed by atoms with Crippen LogP contribution in [-0.2, 0) is 9.53 Å². The van der Waals surface area contributed by atoms with E-state index in [1.165, 1.54) is 25.2 Å². The van der Waals surface area contributed by atoms with E-state index < -0.39 is 0 Å². The molecule has 1 aliphatic rings. The Bertz CT molecular complexity index is 202. The summed E-state index contributed by atoms with van der Waals surface area (Å²) in [6.07, 6.45) is 8.89. The van der Waals surface area contributed by atoms with Crippen molar-refractivity contribution < 1.29 is 9.53 Å². The third-order valence-electron chi connectivity index (χ3n) is 1.71. The van der Waals surface area contributed by atoms with Crippen molar-refractivity contribution in [2.45, 2.75) is 19.3 Å². The van der Waals surface area contributed by atoms with Crippen LogP contribution >= 0.6 is 0 Å². The molecule has 0 aliphatic heterocycles. The maximum atomic E-state index is 10.6. The molecule has 60 valence electrons. The van der Waals surface area contributed by atoms with Gasteiger partial charge in [0.1, 0.15) is 0 Å². The fourth-order valence-electron chi connectivity index (χ4n) is 1.09. The van der Waals surface area contributed by atoms with E-state index in [0.717, 1.165) is 12.8 Å². The molecule has 0 heterocycles. The van der Waals surface area contributed by atoms with E-state index in [2.05, 4.69) is 10.8 Å². The molecule has 0 aromatic rings. The number of hydrogen-bond donors (Lipinski definition) is 0. The third kappa shape index (κ3) is 2.58. The fraction of sp³-hybridized carbons (Fsp3) is 0.444. The van der Waals surface area contributed by atoms with Gasteiger partial charge in [-0.2, -0.15) is 0 Å². The number of rotatable bonds is 2. The Hall–Kier alpha value is -1.05. The predicted octanol–water partition coefficient (Wildman–Crippen LogP) is 1.83. The number of methoxy groups -OCH3 is 1. The van der Waals surface area contributed by atoms with Crippen LogP contribution in [0, 0.1) is 0 Å². The van der Waals surface area contributed by atoms with Crippen molar-refractivity contribution >= 4 is 5.97 Å². The first-order valence-corrected chi connectivity index (χ1v) is 3.78. The molecule has 0 spiro atoms. The lowest BCUT2D eigenvalue weighted by atomic mass is 10.2. The SMILES string of the molecule is COC(=O)/C=C/C1=CCCC1. The Morgan fingerprint density at radius 3 is 3.09 bits per heavy atom. The van der Waals surface area contributed by atoms with Crippen molar-refractivity contribution in [1.29, 1.82) is 0 Å². The summed E-state index contributed by atoms with van der Waals surface area (Å²) in [7, 11) is 1.38. The van der Waals surface area contributed by atoms with Crippen molar-refractivity contribution in [3.8, 4) is 0 Å². The van der Waals surface area contributed by atoms with Crippen molar-refractivity contribution in [1.82, 2.24) is 0 Å². The summed E-state index contributed by atoms with van der Waals surface area (Å²) in [4.78, 5) is 10.6. The van der Waals surface area contributed by atoms with Crippen molar-refractivity contribution in [2.75, 3.05) is 7.11 Å². The highest BCUT2D eigenvalue weighted by Gasteiger charge is 2.00. The molecule has 2 nitrogen and oxygen atoms in total. The van der Waals surface area contributed by atoms with Gasteiger partial charge in [0.2, 0.25) is 0 Å². The van der Waals surface area contributed by atoms with E-state index in [1.54, 1.807) is 0 Å². The summed E-state index contributed by atoms with van der Waals surface area (Å²) in [5, 5.41) is 0. The molecular formula is C9H12O2. The Balaban J connectivity index is 2.40. The third-order valence-corrected chi connectivity index (χ3v) is 1.71. The quantitative estimate of drug-likeness (QED) is 0.445. The van der Waals surface area contributed by atoms with Crippen LogP contribution in [0.25, 0.3) is 0 Å². The first-order valence-electron chi connectivity index (χ1n) is 3.78. The van der Waals surface area contributed by atoms with E-state index in [-0.39, 0.29) is 5.97 Å². The van der Waals surface area contributed by atoms with E-state index in [1.807, 2.05) is 6.08 Å². The highest BCUT2D eigenvalue weighted by molar-refractivity contribution is 5.82. The topological polar surface area (TPSA) is 26.3 Å². The van der Waals surface area contributed by atoms with E-state index in [9.17, 15) is 4.79 Å². The van der Waals surface area contributed by atoms with Gasteiger partial charge in [-0.05, 0) is 19.3 Å². The Labute approximate surface area is 66.5 Å². The molecule has 0 atom stereocenters. The van der Waals surface area contributed by atoms with Crippen LogP contribution in [0.1, 0.15) is 19.3 Å². The van der Waals surface area contributed by atoms with Crippen LogP contribution in [0.2, 0.25) is 0 Å². The van der Waals surface area contributed by atoms with Crippen molar-refractivity contribution in [2.24, 2.45) is 0 Å². The Morgan fingerprint density at radius 1 is 1.73 bits per heavy atom. The second-order valence-electron chi connectivity index (χ2n) is 2.53. The molecule has 0 N–H and O–H groups in total. The van der Waals surface area contributed by atoms with Crippen LogP contribution in [0.15, 0.2) is 23.8 Å². The number of carbonyl (C=O) groups excluding carboxylic acids is 1. The molecule has 0 aromatic heterocycles. The van der Waals surface area contributed by atoms with Gasteiger partial charge in [0.05, 0.1) is 7.11 Å². The molecule has 0 amide bonds. The molecule has 11 heavy (non-hydrogen) atoms. The monoisotopic (exact) mass is 152 g/mol. The Morgan fingerprint density at radius 2 is 2.55 bits per heavy atom. The summed E-state index contributed by atoms with van der Waals surface area (Å²) in [5.74, 6) is -0.280. The van der Waals surface area contributed by atoms with Crippen LogP contribution < -0.4 is 0 Å². The molecular weight excluding hydrogens is 140 g/mol. The molecule has 1 rings (SSSR count). The van der Waals surface area contributed by atoms with Gasteiger partial charge in [-0.15, -0.1) is 0 Å². The molecule has 0 aromatic carbocycles. The van der Waals surface area contributed by atoms with Gasteiger partial charge in [-0.3, -0.25) is 0 Å². The summed E-state index contributed by atoms with van der Waals surface area (Å²) < 4.78 is 4.46. The molecule has 2 heteroatoms. The second-order valence-corrected chi connectivity index (χ2v) is 2.53. The van der Waals surface area contributed by atoms with E-state index in [0.29, 0.717) is 0 Å². The second kappa shape index (κ2) is 3.96. The first kappa shape index (κ1) is 8.05. The molecule has 0 fully saturated rings. The van der Waals surface area contributed by atoms with Gasteiger partial charge >= 0.3 is 5.97 Å². The lowest BCUT2D eigenvalue weighted by Crippen LogP contribution is -1.93. The summed E-state index contributed by atoms with van der Waals surface area (Å²) in [5.41, 5.74) is 1.25. The molecule has 0 bridgehead atoms. The standard InChI is InChI=1S/C9H12O2/c1-11-9(10)7-6-8-4-2-3-5-8/h4,6-7H,2-3,5H2,1H3/b7-6+. The zero-order valence-corrected chi connectivity index (χ0v) is 6.67. The highest BCUT2D eigenvalue weighted by Crippen LogP contribution is 2.18. The zero-order valence-electron chi connectivity index (χ0n) is 6.67. The summed E-state index contributed by atoms with van der Waals surface area (Å²) >= 11 is 0. The van der Waals surface area contributed by atoms with Gasteiger partial charge < -0.3 is 4.74 Å². The van der Waals surface area contributed by atoms with Gasteiger partial charge in [0.25, 0.3) is 0 Å².